The summed E-state index contributed by atoms with van der Waals surface area (Å²) in [7, 11) is 1.66. The van der Waals surface area contributed by atoms with Crippen molar-refractivity contribution in [3.63, 3.8) is 0 Å². The van der Waals surface area contributed by atoms with Gasteiger partial charge in [-0.05, 0) is 44.1 Å². The van der Waals surface area contributed by atoms with Crippen LogP contribution in [0.2, 0.25) is 0 Å². The van der Waals surface area contributed by atoms with Gasteiger partial charge in [0.15, 0.2) is 5.82 Å². The number of nitrogen functional groups attached to an aromatic ring is 1. The number of hydrogen-bond donors (Lipinski definition) is 3. The molecule has 0 atom stereocenters. The number of methoxy groups -OCH3 is 1. The summed E-state index contributed by atoms with van der Waals surface area (Å²) in [6.07, 6.45) is 7.64. The largest absolute Gasteiger partial charge is 0.495 e. The number of terminal acetylenes is 1. The van der Waals surface area contributed by atoms with Crippen molar-refractivity contribution in [2.24, 2.45) is 0 Å². The maximum absolute atomic E-state index is 6.29. The molecule has 0 amide bonds. The van der Waals surface area contributed by atoms with Crippen LogP contribution in [0.15, 0.2) is 36.4 Å². The van der Waals surface area contributed by atoms with Crippen molar-refractivity contribution in [1.82, 2.24) is 15.3 Å². The first-order valence-electron chi connectivity index (χ1n) is 9.37. The number of nitrogens with zero attached hydrogens (tertiary/aromatic N) is 2. The maximum atomic E-state index is 6.29. The molecule has 142 valence electrons. The van der Waals surface area contributed by atoms with Crippen LogP contribution < -0.4 is 21.1 Å². The first-order chi connectivity index (χ1) is 13.7. The number of nitrogens with two attached hydrogens (primary N) is 1. The fourth-order valence-corrected chi connectivity index (χ4v) is 3.53. The Morgan fingerprint density at radius 1 is 1.21 bits per heavy atom. The van der Waals surface area contributed by atoms with Gasteiger partial charge in [0.25, 0.3) is 0 Å². The van der Waals surface area contributed by atoms with Crippen molar-refractivity contribution in [3.8, 4) is 29.5 Å². The van der Waals surface area contributed by atoms with Crippen molar-refractivity contribution in [3.05, 3.63) is 42.0 Å². The van der Waals surface area contributed by atoms with Gasteiger partial charge in [0.05, 0.1) is 18.3 Å². The highest BCUT2D eigenvalue weighted by atomic mass is 16.5. The monoisotopic (exact) mass is 373 g/mol. The summed E-state index contributed by atoms with van der Waals surface area (Å²) in [5.74, 6) is 4.35. The normalized spacial score (nSPS) is 14.6. The molecule has 6 nitrogen and oxygen atoms in total. The predicted molar refractivity (Wildman–Crippen MR) is 113 cm³/mol. The molecule has 4 N–H and O–H groups in total. The molecule has 1 fully saturated rings. The summed E-state index contributed by atoms with van der Waals surface area (Å²) < 4.78 is 5.61. The Morgan fingerprint density at radius 3 is 2.79 bits per heavy atom. The molecule has 6 heteroatoms. The number of ether oxygens (including phenoxy) is 1. The van der Waals surface area contributed by atoms with E-state index in [1.54, 1.807) is 7.11 Å². The number of piperidine rings is 1. The van der Waals surface area contributed by atoms with Gasteiger partial charge in [-0.2, -0.15) is 0 Å². The second kappa shape index (κ2) is 7.75. The number of anilines is 2. The van der Waals surface area contributed by atoms with E-state index >= 15 is 0 Å². The Hall–Kier alpha value is -3.30. The van der Waals surface area contributed by atoms with Crippen molar-refractivity contribution in [2.45, 2.75) is 18.9 Å². The number of rotatable bonds is 4. The van der Waals surface area contributed by atoms with Crippen molar-refractivity contribution in [1.29, 1.82) is 0 Å². The molecule has 1 saturated heterocycles. The SMILES string of the molecule is C#Cc1cccc(-c2nc(N)c3cc(NC4CCNCC4)c(OC)cc3n2)c1. The van der Waals surface area contributed by atoms with Gasteiger partial charge in [0.2, 0.25) is 0 Å². The topological polar surface area (TPSA) is 85.1 Å². The van der Waals surface area contributed by atoms with Gasteiger partial charge in [0.1, 0.15) is 11.6 Å². The van der Waals surface area contributed by atoms with Gasteiger partial charge < -0.3 is 21.1 Å². The second-order valence-electron chi connectivity index (χ2n) is 6.90. The molecule has 2 aromatic carbocycles. The Morgan fingerprint density at radius 2 is 2.04 bits per heavy atom. The molecule has 0 aliphatic carbocycles. The minimum absolute atomic E-state index is 0.403. The fourth-order valence-electron chi connectivity index (χ4n) is 3.53. The van der Waals surface area contributed by atoms with Crippen LogP contribution >= 0.6 is 0 Å². The quantitative estimate of drug-likeness (QED) is 0.610. The number of aromatic nitrogens is 2. The zero-order chi connectivity index (χ0) is 19.5. The molecule has 1 aromatic heterocycles. The maximum Gasteiger partial charge on any atom is 0.162 e. The number of hydrogen-bond acceptors (Lipinski definition) is 6. The van der Waals surface area contributed by atoms with Crippen molar-refractivity contribution < 1.29 is 4.74 Å². The van der Waals surface area contributed by atoms with E-state index in [0.29, 0.717) is 17.7 Å². The Labute approximate surface area is 164 Å². The van der Waals surface area contributed by atoms with E-state index < -0.39 is 0 Å². The average molecular weight is 373 g/mol. The van der Waals surface area contributed by atoms with Gasteiger partial charge in [-0.1, -0.05) is 18.1 Å². The molecule has 0 unspecified atom stereocenters. The highest BCUT2D eigenvalue weighted by Crippen LogP contribution is 2.34. The van der Waals surface area contributed by atoms with E-state index in [2.05, 4.69) is 21.5 Å². The van der Waals surface area contributed by atoms with Crippen LogP contribution in [-0.4, -0.2) is 36.2 Å². The zero-order valence-corrected chi connectivity index (χ0v) is 15.8. The summed E-state index contributed by atoms with van der Waals surface area (Å²) in [6, 6.07) is 11.9. The van der Waals surface area contributed by atoms with E-state index in [9.17, 15) is 0 Å². The van der Waals surface area contributed by atoms with Gasteiger partial charge in [-0.25, -0.2) is 9.97 Å². The third kappa shape index (κ3) is 3.57. The van der Waals surface area contributed by atoms with Crippen LogP contribution in [0.1, 0.15) is 18.4 Å². The molecular weight excluding hydrogens is 350 g/mol. The molecule has 28 heavy (non-hydrogen) atoms. The molecule has 1 aliphatic heterocycles. The Kier molecular flexibility index (Phi) is 5.00. The summed E-state index contributed by atoms with van der Waals surface area (Å²) in [6.45, 7) is 2.03. The van der Waals surface area contributed by atoms with Crippen molar-refractivity contribution in [2.75, 3.05) is 31.2 Å². The minimum atomic E-state index is 0.403. The van der Waals surface area contributed by atoms with Crippen LogP contribution in [0, 0.1) is 12.3 Å². The molecule has 4 rings (SSSR count). The van der Waals surface area contributed by atoms with Crippen LogP contribution in [0.4, 0.5) is 11.5 Å². The van der Waals surface area contributed by atoms with Crippen LogP contribution in [0.5, 0.6) is 5.75 Å². The lowest BCUT2D eigenvalue weighted by Crippen LogP contribution is -2.35. The van der Waals surface area contributed by atoms with Crippen LogP contribution in [0.3, 0.4) is 0 Å². The third-order valence-electron chi connectivity index (χ3n) is 5.03. The van der Waals surface area contributed by atoms with E-state index in [-0.39, 0.29) is 0 Å². The summed E-state index contributed by atoms with van der Waals surface area (Å²) >= 11 is 0. The molecule has 3 aromatic rings. The summed E-state index contributed by atoms with van der Waals surface area (Å²) in [4.78, 5) is 9.21. The first-order valence-corrected chi connectivity index (χ1v) is 9.37. The molecule has 1 aliphatic rings. The molecule has 0 saturated carbocycles. The highest BCUT2D eigenvalue weighted by Gasteiger charge is 2.17. The number of benzene rings is 2. The fraction of sp³-hybridized carbons (Fsp3) is 0.273. The number of nitrogens with one attached hydrogen (secondary N) is 2. The lowest BCUT2D eigenvalue weighted by Gasteiger charge is -2.25. The summed E-state index contributed by atoms with van der Waals surface area (Å²) in [5.41, 5.74) is 9.55. The van der Waals surface area contributed by atoms with Gasteiger partial charge in [-0.15, -0.1) is 6.42 Å². The van der Waals surface area contributed by atoms with E-state index in [1.807, 2.05) is 36.4 Å². The van der Waals surface area contributed by atoms with Gasteiger partial charge in [0, 0.05) is 28.6 Å². The Bertz CT molecular complexity index is 1050. The van der Waals surface area contributed by atoms with Crippen LogP contribution in [-0.2, 0) is 0 Å². The van der Waals surface area contributed by atoms with E-state index in [0.717, 1.165) is 59.4 Å². The third-order valence-corrected chi connectivity index (χ3v) is 5.03. The Balaban J connectivity index is 1.75. The highest BCUT2D eigenvalue weighted by molar-refractivity contribution is 5.94. The first kappa shape index (κ1) is 18.1. The summed E-state index contributed by atoms with van der Waals surface area (Å²) in [5, 5.41) is 7.76. The van der Waals surface area contributed by atoms with Gasteiger partial charge >= 0.3 is 0 Å². The molecule has 0 spiro atoms. The van der Waals surface area contributed by atoms with Gasteiger partial charge in [-0.3, -0.25) is 0 Å². The lowest BCUT2D eigenvalue weighted by molar-refractivity contribution is 0.414. The lowest BCUT2D eigenvalue weighted by atomic mass is 10.1. The smallest absolute Gasteiger partial charge is 0.162 e. The van der Waals surface area contributed by atoms with Crippen molar-refractivity contribution >= 4 is 22.4 Å². The molecule has 0 bridgehead atoms. The standard InChI is InChI=1S/C22H23N5O/c1-3-14-5-4-6-15(11-14)22-26-18-13-20(28-2)19(12-17(18)21(23)27-22)25-16-7-9-24-10-8-16/h1,4-6,11-13,16,24-25H,7-10H2,2H3,(H2,23,26,27). The van der Waals surface area contributed by atoms with E-state index in [1.165, 1.54) is 0 Å². The predicted octanol–water partition coefficient (Wildman–Crippen LogP) is 3.03. The van der Waals surface area contributed by atoms with E-state index in [4.69, 9.17) is 21.9 Å². The zero-order valence-electron chi connectivity index (χ0n) is 15.8. The minimum Gasteiger partial charge on any atom is -0.495 e. The number of fused-ring (bicyclic) bond motifs is 1. The molecule has 2 heterocycles. The molecular formula is C22H23N5O. The van der Waals surface area contributed by atoms with Crippen LogP contribution in [0.25, 0.3) is 22.3 Å². The molecule has 0 radical (unpaired) electrons. The second-order valence-corrected chi connectivity index (χ2v) is 6.90. The average Bonchev–Trinajstić information content (AvgIpc) is 2.74.